The molecular weight excluding hydrogens is 272 g/mol. The monoisotopic (exact) mass is 286 g/mol. The van der Waals surface area contributed by atoms with Gasteiger partial charge in [0.05, 0.1) is 19.1 Å². The van der Waals surface area contributed by atoms with Crippen LogP contribution < -0.4 is 11.2 Å². The van der Waals surface area contributed by atoms with Crippen molar-refractivity contribution < 1.29 is 24.9 Å². The number of aliphatic hydroxyl groups excluding tert-OH is 2. The van der Waals surface area contributed by atoms with Crippen LogP contribution in [0.4, 0.5) is 0 Å². The van der Waals surface area contributed by atoms with E-state index >= 15 is 0 Å². The third-order valence-corrected chi connectivity index (χ3v) is 3.08. The largest absolute Gasteiger partial charge is 0.481 e. The highest BCUT2D eigenvalue weighted by molar-refractivity contribution is 5.69. The van der Waals surface area contributed by atoms with Crippen molar-refractivity contribution in [2.75, 3.05) is 6.61 Å². The molecule has 9 nitrogen and oxygen atoms in total. The molecule has 0 radical (unpaired) electrons. The summed E-state index contributed by atoms with van der Waals surface area (Å²) in [6.45, 7) is -0.405. The molecule has 3 unspecified atom stereocenters. The summed E-state index contributed by atoms with van der Waals surface area (Å²) >= 11 is 0. The van der Waals surface area contributed by atoms with Crippen molar-refractivity contribution in [2.45, 2.75) is 31.3 Å². The molecule has 1 aliphatic rings. The van der Waals surface area contributed by atoms with Crippen LogP contribution in [0.5, 0.6) is 0 Å². The molecule has 2 rings (SSSR count). The van der Waals surface area contributed by atoms with Gasteiger partial charge in [0, 0.05) is 18.2 Å². The molecule has 0 amide bonds. The van der Waals surface area contributed by atoms with Crippen LogP contribution in [0.3, 0.4) is 0 Å². The van der Waals surface area contributed by atoms with E-state index in [1.807, 2.05) is 4.98 Å². The molecule has 1 fully saturated rings. The van der Waals surface area contributed by atoms with Crippen LogP contribution in [0.15, 0.2) is 15.8 Å². The van der Waals surface area contributed by atoms with Crippen LogP contribution in [0.25, 0.3) is 0 Å². The molecule has 1 aromatic rings. The number of carboxylic acids is 1. The molecule has 3 atom stereocenters. The van der Waals surface area contributed by atoms with Gasteiger partial charge in [0.25, 0.3) is 5.56 Å². The molecule has 0 bridgehead atoms. The van der Waals surface area contributed by atoms with Gasteiger partial charge in [-0.15, -0.1) is 0 Å². The van der Waals surface area contributed by atoms with E-state index in [1.54, 1.807) is 0 Å². The highest BCUT2D eigenvalue weighted by Crippen LogP contribution is 2.27. The minimum atomic E-state index is -1.21. The molecule has 9 heteroatoms. The molecule has 0 aromatic carbocycles. The first-order chi connectivity index (χ1) is 9.42. The van der Waals surface area contributed by atoms with Gasteiger partial charge in [-0.05, 0) is 0 Å². The van der Waals surface area contributed by atoms with E-state index in [-0.39, 0.29) is 12.0 Å². The Hall–Kier alpha value is -1.97. The van der Waals surface area contributed by atoms with Crippen LogP contribution in [-0.4, -0.2) is 49.7 Å². The lowest BCUT2D eigenvalue weighted by atomic mass is 10.2. The Bertz CT molecular complexity index is 620. The summed E-state index contributed by atoms with van der Waals surface area (Å²) in [5.74, 6) is -1.21. The molecule has 1 saturated heterocycles. The van der Waals surface area contributed by atoms with Gasteiger partial charge in [-0.1, -0.05) is 0 Å². The summed E-state index contributed by atoms with van der Waals surface area (Å²) in [5.41, 5.74) is -1.63. The van der Waals surface area contributed by atoms with E-state index in [2.05, 4.69) is 0 Å². The molecule has 20 heavy (non-hydrogen) atoms. The maximum Gasteiger partial charge on any atom is 0.330 e. The Labute approximate surface area is 112 Å². The quantitative estimate of drug-likeness (QED) is 0.492. The molecule has 2 heterocycles. The molecule has 4 N–H and O–H groups in total. The molecule has 1 aliphatic heterocycles. The van der Waals surface area contributed by atoms with Crippen molar-refractivity contribution in [3.05, 3.63) is 32.6 Å². The SMILES string of the molecule is O=C(O)Cc1cn(C2CC(O)C(CO)O2)c(=O)[nH]c1=O. The lowest BCUT2D eigenvalue weighted by Gasteiger charge is -2.14. The maximum absolute atomic E-state index is 11.7. The predicted octanol–water partition coefficient (Wildman–Crippen LogP) is -2.20. The van der Waals surface area contributed by atoms with Crippen LogP contribution >= 0.6 is 0 Å². The van der Waals surface area contributed by atoms with Gasteiger partial charge >= 0.3 is 11.7 Å². The normalized spacial score (nSPS) is 25.8. The number of nitrogens with one attached hydrogen (secondary N) is 1. The molecule has 0 spiro atoms. The van der Waals surface area contributed by atoms with Crippen molar-refractivity contribution in [1.82, 2.24) is 9.55 Å². The average Bonchev–Trinajstić information content (AvgIpc) is 2.73. The first kappa shape index (κ1) is 14.4. The van der Waals surface area contributed by atoms with E-state index in [9.17, 15) is 19.5 Å². The number of ether oxygens (including phenoxy) is 1. The van der Waals surface area contributed by atoms with Crippen LogP contribution in [0, 0.1) is 0 Å². The number of aromatic amines is 1. The van der Waals surface area contributed by atoms with Crippen molar-refractivity contribution >= 4 is 5.97 Å². The second kappa shape index (κ2) is 5.57. The van der Waals surface area contributed by atoms with E-state index in [4.69, 9.17) is 14.9 Å². The van der Waals surface area contributed by atoms with Gasteiger partial charge < -0.3 is 20.1 Å². The van der Waals surface area contributed by atoms with Gasteiger partial charge in [0.1, 0.15) is 12.3 Å². The van der Waals surface area contributed by atoms with Crippen molar-refractivity contribution in [3.63, 3.8) is 0 Å². The number of rotatable bonds is 4. The number of hydrogen-bond acceptors (Lipinski definition) is 6. The first-order valence-electron chi connectivity index (χ1n) is 5.93. The predicted molar refractivity (Wildman–Crippen MR) is 64.3 cm³/mol. The van der Waals surface area contributed by atoms with Gasteiger partial charge in [0.15, 0.2) is 0 Å². The first-order valence-corrected chi connectivity index (χ1v) is 5.93. The number of carbonyl (C=O) groups is 1. The summed E-state index contributed by atoms with van der Waals surface area (Å²) in [6, 6.07) is 0. The maximum atomic E-state index is 11.7. The molecule has 0 aliphatic carbocycles. The van der Waals surface area contributed by atoms with Crippen LogP contribution in [0.1, 0.15) is 18.2 Å². The summed E-state index contributed by atoms with van der Waals surface area (Å²) in [5, 5.41) is 27.3. The smallest absolute Gasteiger partial charge is 0.330 e. The number of nitrogens with zero attached hydrogens (tertiary/aromatic N) is 1. The lowest BCUT2D eigenvalue weighted by Crippen LogP contribution is -2.34. The van der Waals surface area contributed by atoms with Gasteiger partial charge in [0.2, 0.25) is 0 Å². The zero-order valence-corrected chi connectivity index (χ0v) is 10.4. The molecule has 110 valence electrons. The number of aliphatic carboxylic acids is 1. The fourth-order valence-corrected chi connectivity index (χ4v) is 2.08. The number of hydrogen-bond donors (Lipinski definition) is 4. The Morgan fingerprint density at radius 2 is 2.20 bits per heavy atom. The van der Waals surface area contributed by atoms with Crippen molar-refractivity contribution in [3.8, 4) is 0 Å². The lowest BCUT2D eigenvalue weighted by molar-refractivity contribution is -0.136. The molecular formula is C11H14N2O7. The van der Waals surface area contributed by atoms with Crippen LogP contribution in [0.2, 0.25) is 0 Å². The van der Waals surface area contributed by atoms with Crippen molar-refractivity contribution in [2.24, 2.45) is 0 Å². The molecule has 1 aromatic heterocycles. The standard InChI is InChI=1S/C11H14N2O7/c14-4-7-6(15)2-8(20-7)13-3-5(1-9(16)17)10(18)12-11(13)19/h3,6-8,14-15H,1-2,4H2,(H,16,17)(H,12,18,19). The second-order valence-electron chi connectivity index (χ2n) is 4.51. The van der Waals surface area contributed by atoms with E-state index < -0.39 is 48.7 Å². The second-order valence-corrected chi connectivity index (χ2v) is 4.51. The summed E-state index contributed by atoms with van der Waals surface area (Å²) < 4.78 is 6.30. The zero-order valence-electron chi connectivity index (χ0n) is 10.4. The Morgan fingerprint density at radius 1 is 1.50 bits per heavy atom. The average molecular weight is 286 g/mol. The fourth-order valence-electron chi connectivity index (χ4n) is 2.08. The highest BCUT2D eigenvalue weighted by Gasteiger charge is 2.35. The van der Waals surface area contributed by atoms with Crippen LogP contribution in [-0.2, 0) is 16.0 Å². The minimum absolute atomic E-state index is 0.0592. The summed E-state index contributed by atoms with van der Waals surface area (Å²) in [7, 11) is 0. The zero-order chi connectivity index (χ0) is 14.9. The summed E-state index contributed by atoms with van der Waals surface area (Å²) in [6.07, 6.45) is -1.99. The Balaban J connectivity index is 2.35. The topological polar surface area (TPSA) is 142 Å². The number of H-pyrrole nitrogens is 1. The number of aromatic nitrogens is 2. The third-order valence-electron chi connectivity index (χ3n) is 3.08. The highest BCUT2D eigenvalue weighted by atomic mass is 16.5. The van der Waals surface area contributed by atoms with Gasteiger partial charge in [-0.3, -0.25) is 19.1 Å². The number of aliphatic hydroxyl groups is 2. The van der Waals surface area contributed by atoms with Gasteiger partial charge in [-0.2, -0.15) is 0 Å². The third kappa shape index (κ3) is 2.79. The van der Waals surface area contributed by atoms with E-state index in [0.717, 1.165) is 10.8 Å². The summed E-state index contributed by atoms with van der Waals surface area (Å²) in [4.78, 5) is 35.8. The molecule has 0 saturated carbocycles. The fraction of sp³-hybridized carbons (Fsp3) is 0.545. The Morgan fingerprint density at radius 3 is 2.75 bits per heavy atom. The minimum Gasteiger partial charge on any atom is -0.481 e. The van der Waals surface area contributed by atoms with Gasteiger partial charge in [-0.25, -0.2) is 4.79 Å². The van der Waals surface area contributed by atoms with Crippen molar-refractivity contribution in [1.29, 1.82) is 0 Å². The van der Waals surface area contributed by atoms with E-state index in [1.165, 1.54) is 0 Å². The number of carboxylic acid groups (broad SMARTS) is 1. The Kier molecular flexibility index (Phi) is 4.02. The van der Waals surface area contributed by atoms with E-state index in [0.29, 0.717) is 0 Å².